The van der Waals surface area contributed by atoms with Crippen LogP contribution >= 0.6 is 15.9 Å². The molecule has 2 aromatic rings. The second-order valence-corrected chi connectivity index (χ2v) is 6.21. The van der Waals surface area contributed by atoms with E-state index in [9.17, 15) is 4.79 Å². The van der Waals surface area contributed by atoms with Gasteiger partial charge in [0.15, 0.2) is 0 Å². The maximum Gasteiger partial charge on any atom is 0.261 e. The maximum atomic E-state index is 11.9. The monoisotopic (exact) mass is 377 g/mol. The molecular weight excluding hydrogens is 358 g/mol. The second-order valence-electron chi connectivity index (χ2n) is 5.42. The maximum absolute atomic E-state index is 11.9. The summed E-state index contributed by atoms with van der Waals surface area (Å²) in [5.41, 5.74) is 6.33. The predicted molar refractivity (Wildman–Crippen MR) is 95.9 cm³/mol. The predicted octanol–water partition coefficient (Wildman–Crippen LogP) is 2.48. The number of benzene rings is 1. The van der Waals surface area contributed by atoms with Gasteiger partial charge in [-0.25, -0.2) is 5.43 Å². The standard InChI is InChI=1S/C16H20BrN5O/c1-11-16(17)12(2)22(20-11)10-15(23)19-18-9-13-5-7-14(8-6-13)21(3)4/h5-9H,10H2,1-4H3,(H,19,23)/b18-9+. The highest BCUT2D eigenvalue weighted by Gasteiger charge is 2.11. The first-order valence-electron chi connectivity index (χ1n) is 7.17. The highest BCUT2D eigenvalue weighted by atomic mass is 79.9. The van der Waals surface area contributed by atoms with E-state index in [1.165, 1.54) is 0 Å². The molecule has 2 rings (SSSR count). The number of amides is 1. The number of anilines is 1. The van der Waals surface area contributed by atoms with Crippen molar-refractivity contribution < 1.29 is 4.79 Å². The summed E-state index contributed by atoms with van der Waals surface area (Å²) in [5.74, 6) is -0.218. The molecule has 0 aliphatic heterocycles. The quantitative estimate of drug-likeness (QED) is 0.642. The van der Waals surface area contributed by atoms with Gasteiger partial charge < -0.3 is 4.90 Å². The summed E-state index contributed by atoms with van der Waals surface area (Å²) in [7, 11) is 3.97. The summed E-state index contributed by atoms with van der Waals surface area (Å²) in [6, 6.07) is 7.89. The lowest BCUT2D eigenvalue weighted by molar-refractivity contribution is -0.121. The zero-order chi connectivity index (χ0) is 17.0. The summed E-state index contributed by atoms with van der Waals surface area (Å²) in [4.78, 5) is 13.9. The van der Waals surface area contributed by atoms with Crippen molar-refractivity contribution in [2.45, 2.75) is 20.4 Å². The molecule has 7 heteroatoms. The summed E-state index contributed by atoms with van der Waals surface area (Å²) < 4.78 is 2.57. The molecule has 1 aromatic heterocycles. The highest BCUT2D eigenvalue weighted by molar-refractivity contribution is 9.10. The van der Waals surface area contributed by atoms with Gasteiger partial charge in [-0.3, -0.25) is 9.48 Å². The molecule has 1 N–H and O–H groups in total. The van der Waals surface area contributed by atoms with E-state index in [2.05, 4.69) is 31.6 Å². The number of hydrazone groups is 1. The molecule has 1 amide bonds. The van der Waals surface area contributed by atoms with Crippen LogP contribution in [-0.2, 0) is 11.3 Å². The van der Waals surface area contributed by atoms with Crippen LogP contribution in [0.2, 0.25) is 0 Å². The smallest absolute Gasteiger partial charge is 0.261 e. The Kier molecular flexibility index (Phi) is 5.54. The van der Waals surface area contributed by atoms with Crippen LogP contribution in [0.1, 0.15) is 17.0 Å². The molecule has 0 radical (unpaired) electrons. The molecule has 0 unspecified atom stereocenters. The average molecular weight is 378 g/mol. The molecule has 1 aromatic carbocycles. The fraction of sp³-hybridized carbons (Fsp3) is 0.312. The first kappa shape index (κ1) is 17.2. The molecule has 0 fully saturated rings. The van der Waals surface area contributed by atoms with Crippen molar-refractivity contribution >= 4 is 33.7 Å². The number of hydrogen-bond acceptors (Lipinski definition) is 4. The Balaban J connectivity index is 1.92. The van der Waals surface area contributed by atoms with Gasteiger partial charge in [-0.15, -0.1) is 0 Å². The van der Waals surface area contributed by atoms with Gasteiger partial charge >= 0.3 is 0 Å². The Morgan fingerprint density at radius 2 is 2.00 bits per heavy atom. The zero-order valence-corrected chi connectivity index (χ0v) is 15.3. The molecule has 1 heterocycles. The van der Waals surface area contributed by atoms with Crippen molar-refractivity contribution in [2.24, 2.45) is 5.10 Å². The first-order chi connectivity index (χ1) is 10.9. The first-order valence-corrected chi connectivity index (χ1v) is 7.96. The Bertz CT molecular complexity index is 719. The number of carbonyl (C=O) groups excluding carboxylic acids is 1. The van der Waals surface area contributed by atoms with E-state index in [0.717, 1.165) is 27.1 Å². The van der Waals surface area contributed by atoms with Gasteiger partial charge in [0.2, 0.25) is 0 Å². The minimum Gasteiger partial charge on any atom is -0.378 e. The van der Waals surface area contributed by atoms with Crippen molar-refractivity contribution in [1.82, 2.24) is 15.2 Å². The fourth-order valence-corrected chi connectivity index (χ4v) is 2.32. The van der Waals surface area contributed by atoms with E-state index in [1.807, 2.05) is 57.1 Å². The minimum atomic E-state index is -0.218. The van der Waals surface area contributed by atoms with Crippen LogP contribution in [-0.4, -0.2) is 36.0 Å². The van der Waals surface area contributed by atoms with E-state index in [0.29, 0.717) is 0 Å². The number of nitrogens with one attached hydrogen (secondary N) is 1. The Hall–Kier alpha value is -2.15. The lowest BCUT2D eigenvalue weighted by atomic mass is 10.2. The van der Waals surface area contributed by atoms with Gasteiger partial charge in [0, 0.05) is 19.8 Å². The number of nitrogens with zero attached hydrogens (tertiary/aromatic N) is 4. The van der Waals surface area contributed by atoms with Crippen molar-refractivity contribution in [1.29, 1.82) is 0 Å². The molecule has 122 valence electrons. The number of aryl methyl sites for hydroxylation is 1. The van der Waals surface area contributed by atoms with Crippen LogP contribution in [0.3, 0.4) is 0 Å². The minimum absolute atomic E-state index is 0.134. The molecule has 0 aliphatic carbocycles. The van der Waals surface area contributed by atoms with E-state index < -0.39 is 0 Å². The van der Waals surface area contributed by atoms with Crippen molar-refractivity contribution in [3.8, 4) is 0 Å². The highest BCUT2D eigenvalue weighted by Crippen LogP contribution is 2.19. The van der Waals surface area contributed by atoms with Crippen LogP contribution in [0, 0.1) is 13.8 Å². The molecular formula is C16H20BrN5O. The third-order valence-electron chi connectivity index (χ3n) is 3.40. The third kappa shape index (κ3) is 4.41. The van der Waals surface area contributed by atoms with Gasteiger partial charge in [0.05, 0.1) is 22.1 Å². The normalized spacial score (nSPS) is 11.0. The largest absolute Gasteiger partial charge is 0.378 e. The lowest BCUT2D eigenvalue weighted by Gasteiger charge is -2.11. The van der Waals surface area contributed by atoms with Gasteiger partial charge in [-0.05, 0) is 47.5 Å². The topological polar surface area (TPSA) is 62.5 Å². The average Bonchev–Trinajstić information content (AvgIpc) is 2.75. The van der Waals surface area contributed by atoms with Crippen LogP contribution in [0.5, 0.6) is 0 Å². The van der Waals surface area contributed by atoms with Gasteiger partial charge in [0.25, 0.3) is 5.91 Å². The van der Waals surface area contributed by atoms with Crippen LogP contribution < -0.4 is 10.3 Å². The van der Waals surface area contributed by atoms with E-state index >= 15 is 0 Å². The SMILES string of the molecule is Cc1nn(CC(=O)N/N=C/c2ccc(N(C)C)cc2)c(C)c1Br. The molecule has 0 atom stereocenters. The van der Waals surface area contributed by atoms with E-state index in [4.69, 9.17) is 0 Å². The number of hydrogen-bond donors (Lipinski definition) is 1. The van der Waals surface area contributed by atoms with Crippen LogP contribution in [0.4, 0.5) is 5.69 Å². The Morgan fingerprint density at radius 3 is 2.52 bits per heavy atom. The van der Waals surface area contributed by atoms with Crippen LogP contribution in [0.15, 0.2) is 33.8 Å². The number of aromatic nitrogens is 2. The molecule has 23 heavy (non-hydrogen) atoms. The summed E-state index contributed by atoms with van der Waals surface area (Å²) in [5, 5.41) is 8.27. The van der Waals surface area contributed by atoms with E-state index in [-0.39, 0.29) is 12.5 Å². The van der Waals surface area contributed by atoms with E-state index in [1.54, 1.807) is 10.9 Å². The molecule has 0 spiro atoms. The van der Waals surface area contributed by atoms with Gasteiger partial charge in [-0.2, -0.15) is 10.2 Å². The van der Waals surface area contributed by atoms with Gasteiger partial charge in [-0.1, -0.05) is 12.1 Å². The molecule has 0 bridgehead atoms. The molecule has 0 saturated carbocycles. The lowest BCUT2D eigenvalue weighted by Crippen LogP contribution is -2.24. The third-order valence-corrected chi connectivity index (χ3v) is 4.55. The molecule has 0 aliphatic rings. The van der Waals surface area contributed by atoms with Crippen molar-refractivity contribution in [2.75, 3.05) is 19.0 Å². The molecule has 0 saturated heterocycles. The molecule has 6 nitrogen and oxygen atoms in total. The van der Waals surface area contributed by atoms with Crippen molar-refractivity contribution in [3.63, 3.8) is 0 Å². The van der Waals surface area contributed by atoms with Crippen LogP contribution in [0.25, 0.3) is 0 Å². The zero-order valence-electron chi connectivity index (χ0n) is 13.7. The second kappa shape index (κ2) is 7.41. The Labute approximate surface area is 144 Å². The summed E-state index contributed by atoms with van der Waals surface area (Å²) >= 11 is 3.44. The van der Waals surface area contributed by atoms with Gasteiger partial charge in [0.1, 0.15) is 6.54 Å². The summed E-state index contributed by atoms with van der Waals surface area (Å²) in [6.07, 6.45) is 1.62. The number of rotatable bonds is 5. The van der Waals surface area contributed by atoms with Crippen molar-refractivity contribution in [3.05, 3.63) is 45.7 Å². The number of halogens is 1. The number of carbonyl (C=O) groups is 1. The fourth-order valence-electron chi connectivity index (χ4n) is 2.04. The summed E-state index contributed by atoms with van der Waals surface area (Å²) in [6.45, 7) is 3.93. The Morgan fingerprint density at radius 1 is 1.35 bits per heavy atom.